The predicted molar refractivity (Wildman–Crippen MR) is 69.0 cm³/mol. The van der Waals surface area contributed by atoms with Crippen molar-refractivity contribution >= 4 is 11.8 Å². The lowest BCUT2D eigenvalue weighted by Crippen LogP contribution is -1.87. The Balaban J connectivity index is 1.87. The molecule has 0 aliphatic rings. The van der Waals surface area contributed by atoms with E-state index in [-0.39, 0.29) is 0 Å². The summed E-state index contributed by atoms with van der Waals surface area (Å²) in [4.78, 5) is 0.957. The molecular weight excluding hydrogens is 216 g/mol. The molecule has 0 aromatic heterocycles. The van der Waals surface area contributed by atoms with E-state index >= 15 is 0 Å². The van der Waals surface area contributed by atoms with E-state index in [0.29, 0.717) is 5.75 Å². The number of aryl methyl sites for hydroxylation is 1. The summed E-state index contributed by atoms with van der Waals surface area (Å²) in [5.74, 6) is 1.36. The number of hydrogen-bond acceptors (Lipinski definition) is 2. The molecular formula is C14H14OS. The molecule has 1 N–H and O–H groups in total. The quantitative estimate of drug-likeness (QED) is 0.808. The third-order valence-electron chi connectivity index (χ3n) is 2.36. The van der Waals surface area contributed by atoms with Gasteiger partial charge in [0.2, 0.25) is 0 Å². The monoisotopic (exact) mass is 230 g/mol. The molecule has 2 rings (SSSR count). The molecule has 0 aliphatic carbocycles. The minimum atomic E-state index is 0.376. The lowest BCUT2D eigenvalue weighted by molar-refractivity contribution is 0.462. The van der Waals surface area contributed by atoms with Gasteiger partial charge in [0.1, 0.15) is 5.75 Å². The van der Waals surface area contributed by atoms with E-state index in [9.17, 15) is 5.11 Å². The Hall–Kier alpha value is -1.41. The number of thioether (sulfide) groups is 1. The third-order valence-corrected chi connectivity index (χ3v) is 3.42. The van der Waals surface area contributed by atoms with Crippen LogP contribution in [0, 0.1) is 0 Å². The Morgan fingerprint density at radius 1 is 0.875 bits per heavy atom. The summed E-state index contributed by atoms with van der Waals surface area (Å²) in [5, 5.41) is 9.59. The molecule has 0 radical (unpaired) electrons. The highest BCUT2D eigenvalue weighted by Gasteiger charge is 1.99. The van der Waals surface area contributed by atoms with Crippen LogP contribution >= 0.6 is 11.8 Å². The lowest BCUT2D eigenvalue weighted by atomic mass is 10.2. The first-order valence-corrected chi connectivity index (χ1v) is 6.29. The number of phenols is 1. The van der Waals surface area contributed by atoms with E-state index in [0.717, 1.165) is 17.1 Å². The molecule has 2 aromatic rings. The van der Waals surface area contributed by atoms with Crippen molar-refractivity contribution in [2.45, 2.75) is 11.3 Å². The van der Waals surface area contributed by atoms with E-state index in [1.165, 1.54) is 5.56 Å². The van der Waals surface area contributed by atoms with Gasteiger partial charge in [-0.05, 0) is 24.1 Å². The second-order valence-electron chi connectivity index (χ2n) is 3.55. The summed E-state index contributed by atoms with van der Waals surface area (Å²) >= 11 is 1.69. The van der Waals surface area contributed by atoms with Crippen LogP contribution in [0.25, 0.3) is 0 Å². The summed E-state index contributed by atoms with van der Waals surface area (Å²) in [5.41, 5.74) is 1.34. The highest BCUT2D eigenvalue weighted by molar-refractivity contribution is 7.99. The first kappa shape index (κ1) is 11.1. The Morgan fingerprint density at radius 3 is 2.31 bits per heavy atom. The van der Waals surface area contributed by atoms with Gasteiger partial charge in [0, 0.05) is 10.6 Å². The van der Waals surface area contributed by atoms with Crippen LogP contribution < -0.4 is 0 Å². The number of para-hydroxylation sites is 1. The molecule has 0 atom stereocenters. The van der Waals surface area contributed by atoms with Crippen molar-refractivity contribution in [3.05, 3.63) is 60.2 Å². The zero-order chi connectivity index (χ0) is 11.2. The standard InChI is InChI=1S/C14H14OS/c15-13-8-4-5-9-14(13)16-11-10-12-6-2-1-3-7-12/h1-9,15H,10-11H2. The van der Waals surface area contributed by atoms with Crippen LogP contribution in [-0.2, 0) is 6.42 Å². The SMILES string of the molecule is Oc1ccccc1SCCc1ccccc1. The van der Waals surface area contributed by atoms with Gasteiger partial charge in [0.15, 0.2) is 0 Å². The van der Waals surface area contributed by atoms with E-state index in [1.54, 1.807) is 17.8 Å². The van der Waals surface area contributed by atoms with Crippen LogP contribution in [0.5, 0.6) is 5.75 Å². The van der Waals surface area contributed by atoms with Crippen LogP contribution in [0.3, 0.4) is 0 Å². The van der Waals surface area contributed by atoms with E-state index in [1.807, 2.05) is 24.3 Å². The molecule has 0 heterocycles. The van der Waals surface area contributed by atoms with E-state index in [2.05, 4.69) is 24.3 Å². The van der Waals surface area contributed by atoms with Gasteiger partial charge in [-0.1, -0.05) is 42.5 Å². The molecule has 82 valence electrons. The molecule has 0 aliphatic heterocycles. The van der Waals surface area contributed by atoms with Gasteiger partial charge in [0.25, 0.3) is 0 Å². The Morgan fingerprint density at radius 2 is 1.56 bits per heavy atom. The number of rotatable bonds is 4. The van der Waals surface area contributed by atoms with Crippen molar-refractivity contribution in [2.75, 3.05) is 5.75 Å². The Kier molecular flexibility index (Phi) is 3.89. The second kappa shape index (κ2) is 5.61. The highest BCUT2D eigenvalue weighted by Crippen LogP contribution is 2.27. The maximum atomic E-state index is 9.59. The van der Waals surface area contributed by atoms with Crippen molar-refractivity contribution in [2.24, 2.45) is 0 Å². The first-order valence-electron chi connectivity index (χ1n) is 5.31. The van der Waals surface area contributed by atoms with Crippen molar-refractivity contribution in [3.8, 4) is 5.75 Å². The van der Waals surface area contributed by atoms with Crippen molar-refractivity contribution in [3.63, 3.8) is 0 Å². The molecule has 2 aromatic carbocycles. The van der Waals surface area contributed by atoms with Gasteiger partial charge in [-0.15, -0.1) is 11.8 Å². The van der Waals surface area contributed by atoms with Crippen molar-refractivity contribution < 1.29 is 5.11 Å². The number of aromatic hydroxyl groups is 1. The fourth-order valence-electron chi connectivity index (χ4n) is 1.50. The molecule has 0 spiro atoms. The topological polar surface area (TPSA) is 20.2 Å². The molecule has 0 unspecified atom stereocenters. The summed E-state index contributed by atoms with van der Waals surface area (Å²) in [7, 11) is 0. The number of hydrogen-bond donors (Lipinski definition) is 1. The van der Waals surface area contributed by atoms with Crippen LogP contribution in [0.2, 0.25) is 0 Å². The largest absolute Gasteiger partial charge is 0.507 e. The van der Waals surface area contributed by atoms with Gasteiger partial charge < -0.3 is 5.11 Å². The summed E-state index contributed by atoms with van der Waals surface area (Å²) in [6.45, 7) is 0. The Bertz CT molecular complexity index is 439. The van der Waals surface area contributed by atoms with Crippen molar-refractivity contribution in [1.29, 1.82) is 0 Å². The fourth-order valence-corrected chi connectivity index (χ4v) is 2.45. The first-order chi connectivity index (χ1) is 7.86. The van der Waals surface area contributed by atoms with Gasteiger partial charge in [0.05, 0.1) is 0 Å². The summed E-state index contributed by atoms with van der Waals surface area (Å²) in [6, 6.07) is 17.9. The highest BCUT2D eigenvalue weighted by atomic mass is 32.2. The molecule has 0 saturated carbocycles. The molecule has 0 saturated heterocycles. The zero-order valence-corrected chi connectivity index (χ0v) is 9.78. The minimum absolute atomic E-state index is 0.376. The summed E-state index contributed by atoms with van der Waals surface area (Å²) < 4.78 is 0. The van der Waals surface area contributed by atoms with Gasteiger partial charge in [-0.25, -0.2) is 0 Å². The average molecular weight is 230 g/mol. The maximum absolute atomic E-state index is 9.59. The molecule has 0 bridgehead atoms. The molecule has 0 amide bonds. The second-order valence-corrected chi connectivity index (χ2v) is 4.69. The maximum Gasteiger partial charge on any atom is 0.129 e. The van der Waals surface area contributed by atoms with Gasteiger partial charge in [-0.2, -0.15) is 0 Å². The smallest absolute Gasteiger partial charge is 0.129 e. The van der Waals surface area contributed by atoms with E-state index in [4.69, 9.17) is 0 Å². The third kappa shape index (κ3) is 3.04. The molecule has 1 nitrogen and oxygen atoms in total. The minimum Gasteiger partial charge on any atom is -0.507 e. The molecule has 0 fully saturated rings. The molecule has 2 heteroatoms. The normalized spacial score (nSPS) is 10.2. The predicted octanol–water partition coefficient (Wildman–Crippen LogP) is 3.73. The van der Waals surface area contributed by atoms with Crippen LogP contribution in [0.15, 0.2) is 59.5 Å². The van der Waals surface area contributed by atoms with Crippen LogP contribution in [0.1, 0.15) is 5.56 Å². The zero-order valence-electron chi connectivity index (χ0n) is 8.97. The summed E-state index contributed by atoms with van der Waals surface area (Å²) in [6.07, 6.45) is 1.03. The fraction of sp³-hybridized carbons (Fsp3) is 0.143. The Labute approximate surface area is 100 Å². The van der Waals surface area contributed by atoms with E-state index < -0.39 is 0 Å². The van der Waals surface area contributed by atoms with Crippen molar-refractivity contribution in [1.82, 2.24) is 0 Å². The van der Waals surface area contributed by atoms with Gasteiger partial charge >= 0.3 is 0 Å². The van der Waals surface area contributed by atoms with Crippen LogP contribution in [-0.4, -0.2) is 10.9 Å². The van der Waals surface area contributed by atoms with Gasteiger partial charge in [-0.3, -0.25) is 0 Å². The van der Waals surface area contributed by atoms with Crippen LogP contribution in [0.4, 0.5) is 0 Å². The number of phenolic OH excluding ortho intramolecular Hbond substituents is 1. The average Bonchev–Trinajstić information content (AvgIpc) is 2.33. The molecule has 16 heavy (non-hydrogen) atoms. The lowest BCUT2D eigenvalue weighted by Gasteiger charge is -2.03. The number of benzene rings is 2.